The van der Waals surface area contributed by atoms with Gasteiger partial charge in [-0.25, -0.2) is 4.79 Å². The van der Waals surface area contributed by atoms with E-state index >= 15 is 0 Å². The first-order valence-corrected chi connectivity index (χ1v) is 14.2. The Kier molecular flexibility index (Phi) is 11.4. The van der Waals surface area contributed by atoms with Crippen LogP contribution in [0.4, 0.5) is 4.79 Å². The quantitative estimate of drug-likeness (QED) is 0.280. The molecule has 1 aliphatic heterocycles. The molecular formula is C31H43N3O8. The third-order valence-electron chi connectivity index (χ3n) is 7.72. The molecule has 11 heteroatoms. The Labute approximate surface area is 246 Å². The van der Waals surface area contributed by atoms with E-state index in [1.807, 2.05) is 13.8 Å². The summed E-state index contributed by atoms with van der Waals surface area (Å²) < 4.78 is 16.6. The fourth-order valence-corrected chi connectivity index (χ4v) is 5.17. The summed E-state index contributed by atoms with van der Waals surface area (Å²) in [4.78, 5) is 51.5. The predicted octanol–water partition coefficient (Wildman–Crippen LogP) is 2.51. The van der Waals surface area contributed by atoms with E-state index in [1.165, 1.54) is 20.3 Å². The van der Waals surface area contributed by atoms with Gasteiger partial charge >= 0.3 is 6.09 Å². The number of ether oxygens (including phenoxy) is 3. The van der Waals surface area contributed by atoms with Crippen LogP contribution in [0.25, 0.3) is 0 Å². The first-order chi connectivity index (χ1) is 19.9. The molecule has 6 atom stereocenters. The number of Topliss-reactive ketones (excluding diaryl/α,β-unsaturated/α-hetero) is 1. The highest BCUT2D eigenvalue weighted by molar-refractivity contribution is 6.23. The smallest absolute Gasteiger partial charge is 0.405 e. The van der Waals surface area contributed by atoms with Gasteiger partial charge in [-0.15, -0.1) is 0 Å². The van der Waals surface area contributed by atoms with E-state index in [4.69, 9.17) is 19.9 Å². The van der Waals surface area contributed by atoms with Gasteiger partial charge in [-0.05, 0) is 51.0 Å². The Balaban J connectivity index is 2.05. The summed E-state index contributed by atoms with van der Waals surface area (Å²) in [5.41, 5.74) is 6.69. The molecule has 6 unspecified atom stereocenters. The van der Waals surface area contributed by atoms with Crippen LogP contribution in [0.5, 0.6) is 0 Å². The number of carbonyl (C=O) groups excluding carboxylic acids is 4. The molecule has 2 aliphatic carbocycles. The number of aliphatic hydroxyl groups is 1. The fraction of sp³-hybridized carbons (Fsp3) is 0.548. The van der Waals surface area contributed by atoms with Crippen molar-refractivity contribution in [3.63, 3.8) is 0 Å². The molecule has 0 spiro atoms. The maximum absolute atomic E-state index is 13.6. The Morgan fingerprint density at radius 1 is 1.12 bits per heavy atom. The van der Waals surface area contributed by atoms with Crippen molar-refractivity contribution in [3.05, 3.63) is 58.5 Å². The third kappa shape index (κ3) is 8.50. The molecular weight excluding hydrogens is 542 g/mol. The summed E-state index contributed by atoms with van der Waals surface area (Å²) in [6.07, 6.45) is 5.85. The van der Waals surface area contributed by atoms with Gasteiger partial charge in [0.05, 0.1) is 23.6 Å². The number of nitrogens with one attached hydrogen (secondary N) is 2. The molecule has 0 aromatic carbocycles. The van der Waals surface area contributed by atoms with Gasteiger partial charge in [0.15, 0.2) is 6.10 Å². The van der Waals surface area contributed by atoms with Gasteiger partial charge in [-0.2, -0.15) is 0 Å². The van der Waals surface area contributed by atoms with E-state index in [0.29, 0.717) is 17.6 Å². The van der Waals surface area contributed by atoms with E-state index in [0.717, 1.165) is 18.9 Å². The lowest BCUT2D eigenvalue weighted by Gasteiger charge is -2.30. The molecule has 0 aromatic rings. The SMILES string of the molecule is COC1/C=C\C=C(\C)C(=O)NC2=CC(=O)C(NC3CC3)=C(CC(C)CC(OC)C(O)C(C)/C=C(/C)C1OC(N)=O)C2=O. The van der Waals surface area contributed by atoms with E-state index < -0.39 is 48.1 Å². The molecule has 0 aromatic heterocycles. The molecule has 2 amide bonds. The zero-order valence-electron chi connectivity index (χ0n) is 25.1. The Morgan fingerprint density at radius 2 is 1.81 bits per heavy atom. The van der Waals surface area contributed by atoms with Gasteiger partial charge in [0.25, 0.3) is 5.91 Å². The largest absolute Gasteiger partial charge is 0.439 e. The molecule has 3 aliphatic rings. The maximum atomic E-state index is 13.6. The lowest BCUT2D eigenvalue weighted by molar-refractivity contribution is -0.120. The number of hydrogen-bond acceptors (Lipinski definition) is 9. The van der Waals surface area contributed by atoms with Crippen LogP contribution in [0.1, 0.15) is 53.4 Å². The van der Waals surface area contributed by atoms with Crippen LogP contribution < -0.4 is 16.4 Å². The van der Waals surface area contributed by atoms with Crippen molar-refractivity contribution < 1.29 is 38.5 Å². The standard InChI is InChI=1S/C31H43N3O8/c1-16-12-21-26(33-20-10-11-20)23(35)15-22(28(21)37)34-30(38)17(2)8-7-9-24(40-5)29(42-31(32)39)19(4)14-18(3)27(36)25(13-16)41-6/h7-9,14-16,18,20,24-25,27,29,33,36H,10-13H2,1-6H3,(H2,32,39)(H,34,38)/b9-7-,17-8-,19-14-. The average molecular weight is 586 g/mol. The van der Waals surface area contributed by atoms with Crippen molar-refractivity contribution in [1.29, 1.82) is 0 Å². The second-order valence-corrected chi connectivity index (χ2v) is 11.3. The predicted molar refractivity (Wildman–Crippen MR) is 156 cm³/mol. The molecule has 3 rings (SSSR count). The van der Waals surface area contributed by atoms with Gasteiger partial charge in [0.2, 0.25) is 11.6 Å². The molecule has 0 saturated heterocycles. The number of amides is 2. The topological polar surface area (TPSA) is 166 Å². The van der Waals surface area contributed by atoms with Crippen LogP contribution in [0.15, 0.2) is 58.5 Å². The third-order valence-corrected chi connectivity index (χ3v) is 7.72. The highest BCUT2D eigenvalue weighted by atomic mass is 16.6. The van der Waals surface area contributed by atoms with Gasteiger partial charge in [-0.1, -0.05) is 38.2 Å². The summed E-state index contributed by atoms with van der Waals surface area (Å²) >= 11 is 0. The van der Waals surface area contributed by atoms with E-state index in [-0.39, 0.29) is 41.1 Å². The maximum Gasteiger partial charge on any atom is 0.405 e. The van der Waals surface area contributed by atoms with E-state index in [9.17, 15) is 24.3 Å². The van der Waals surface area contributed by atoms with Crippen LogP contribution in [-0.4, -0.2) is 73.4 Å². The number of aliphatic hydroxyl groups excluding tert-OH is 1. The van der Waals surface area contributed by atoms with Crippen LogP contribution in [0.2, 0.25) is 0 Å². The van der Waals surface area contributed by atoms with Gasteiger partial charge in [-0.3, -0.25) is 14.4 Å². The summed E-state index contributed by atoms with van der Waals surface area (Å²) in [6, 6.07) is 0.140. The molecule has 11 nitrogen and oxygen atoms in total. The molecule has 5 N–H and O–H groups in total. The Morgan fingerprint density at radius 3 is 2.40 bits per heavy atom. The zero-order chi connectivity index (χ0) is 31.1. The number of carbonyl (C=O) groups is 4. The van der Waals surface area contributed by atoms with Crippen molar-refractivity contribution >= 4 is 23.6 Å². The van der Waals surface area contributed by atoms with Crippen molar-refractivity contribution in [1.82, 2.24) is 10.6 Å². The van der Waals surface area contributed by atoms with Crippen molar-refractivity contribution in [3.8, 4) is 0 Å². The molecule has 0 radical (unpaired) electrons. The molecule has 230 valence electrons. The number of allylic oxidation sites excluding steroid dienone is 4. The van der Waals surface area contributed by atoms with E-state index in [2.05, 4.69) is 10.6 Å². The molecule has 42 heavy (non-hydrogen) atoms. The average Bonchev–Trinajstić information content (AvgIpc) is 3.76. The Bertz CT molecular complexity index is 1230. The van der Waals surface area contributed by atoms with Crippen molar-refractivity contribution in [2.45, 2.75) is 83.8 Å². The van der Waals surface area contributed by atoms with Crippen molar-refractivity contribution in [2.75, 3.05) is 14.2 Å². The summed E-state index contributed by atoms with van der Waals surface area (Å²) in [5.74, 6) is -1.94. The normalized spacial score (nSPS) is 33.5. The number of nitrogens with two attached hydrogens (primary N) is 1. The first-order valence-electron chi connectivity index (χ1n) is 14.2. The summed E-state index contributed by atoms with van der Waals surface area (Å²) in [6.45, 7) is 7.04. The summed E-state index contributed by atoms with van der Waals surface area (Å²) in [5, 5.41) is 17.0. The van der Waals surface area contributed by atoms with Crippen LogP contribution >= 0.6 is 0 Å². The van der Waals surface area contributed by atoms with Crippen LogP contribution in [-0.2, 0) is 28.6 Å². The molecule has 1 heterocycles. The summed E-state index contributed by atoms with van der Waals surface area (Å²) in [7, 11) is 2.94. The zero-order valence-corrected chi connectivity index (χ0v) is 25.1. The number of hydrogen-bond donors (Lipinski definition) is 4. The molecule has 1 fully saturated rings. The molecule has 1 saturated carbocycles. The number of primary amides is 1. The lowest BCUT2D eigenvalue weighted by atomic mass is 9.85. The monoisotopic (exact) mass is 585 g/mol. The minimum Gasteiger partial charge on any atom is -0.439 e. The second kappa shape index (κ2) is 14.6. The first kappa shape index (κ1) is 33.0. The second-order valence-electron chi connectivity index (χ2n) is 11.3. The minimum atomic E-state index is -0.993. The highest BCUT2D eigenvalue weighted by Gasteiger charge is 2.35. The van der Waals surface area contributed by atoms with Crippen LogP contribution in [0.3, 0.4) is 0 Å². The number of ketones is 2. The lowest BCUT2D eigenvalue weighted by Crippen LogP contribution is -2.38. The highest BCUT2D eigenvalue weighted by Crippen LogP contribution is 2.30. The fourth-order valence-electron chi connectivity index (χ4n) is 5.17. The Hall–Kier alpha value is -3.54. The number of methoxy groups -OCH3 is 2. The van der Waals surface area contributed by atoms with Gasteiger partial charge in [0, 0.05) is 43.4 Å². The number of rotatable bonds is 5. The number of fused-ring (bicyclic) bond motifs is 2. The van der Waals surface area contributed by atoms with Crippen LogP contribution in [0, 0.1) is 11.8 Å². The van der Waals surface area contributed by atoms with E-state index in [1.54, 1.807) is 32.1 Å². The molecule has 2 bridgehead atoms. The minimum absolute atomic E-state index is 0.0929. The van der Waals surface area contributed by atoms with Gasteiger partial charge < -0.3 is 35.7 Å². The van der Waals surface area contributed by atoms with Gasteiger partial charge in [0.1, 0.15) is 6.10 Å². The van der Waals surface area contributed by atoms with Crippen molar-refractivity contribution in [2.24, 2.45) is 17.6 Å².